The van der Waals surface area contributed by atoms with E-state index in [4.69, 9.17) is 18.0 Å². The molecule has 19 heavy (non-hydrogen) atoms. The summed E-state index contributed by atoms with van der Waals surface area (Å²) < 4.78 is 0. The third-order valence-electron chi connectivity index (χ3n) is 2.60. The summed E-state index contributed by atoms with van der Waals surface area (Å²) >= 11 is 4.86. The number of hydrogen-bond acceptors (Lipinski definition) is 3. The maximum atomic E-state index is 11.9. The number of rotatable bonds is 3. The van der Waals surface area contributed by atoms with Crippen molar-refractivity contribution in [2.45, 2.75) is 6.92 Å². The van der Waals surface area contributed by atoms with Crippen LogP contribution in [0.3, 0.4) is 0 Å². The number of nitrogens with one attached hydrogen (secondary N) is 1. The second-order valence-electron chi connectivity index (χ2n) is 4.08. The zero-order valence-electron chi connectivity index (χ0n) is 10.4. The highest BCUT2D eigenvalue weighted by Gasteiger charge is 2.06. The number of nitrogens with two attached hydrogens (primary N) is 1. The maximum absolute atomic E-state index is 11.9. The van der Waals surface area contributed by atoms with Crippen LogP contribution in [-0.2, 0) is 0 Å². The fourth-order valence-corrected chi connectivity index (χ4v) is 1.66. The maximum Gasteiger partial charge on any atom is 0.257 e. The summed E-state index contributed by atoms with van der Waals surface area (Å²) in [4.78, 5) is 16.4. The van der Waals surface area contributed by atoms with Gasteiger partial charge in [-0.1, -0.05) is 12.2 Å². The third-order valence-corrected chi connectivity index (χ3v) is 2.84. The lowest BCUT2D eigenvalue weighted by molar-refractivity contribution is 0.102. The van der Waals surface area contributed by atoms with Crippen LogP contribution in [0.4, 0.5) is 5.69 Å². The minimum atomic E-state index is -0.199. The topological polar surface area (TPSA) is 68.0 Å². The first kappa shape index (κ1) is 13.2. The Bertz CT molecular complexity index is 606. The van der Waals surface area contributed by atoms with Gasteiger partial charge in [0.05, 0.1) is 5.56 Å². The molecule has 0 fully saturated rings. The van der Waals surface area contributed by atoms with E-state index in [1.807, 2.05) is 6.92 Å². The Hall–Kier alpha value is -2.27. The van der Waals surface area contributed by atoms with Crippen molar-refractivity contribution in [3.63, 3.8) is 0 Å². The van der Waals surface area contributed by atoms with E-state index in [-0.39, 0.29) is 5.91 Å². The molecular formula is C14H13N3OS. The zero-order chi connectivity index (χ0) is 13.8. The largest absolute Gasteiger partial charge is 0.389 e. The van der Waals surface area contributed by atoms with E-state index >= 15 is 0 Å². The summed E-state index contributed by atoms with van der Waals surface area (Å²) in [6.07, 6.45) is 1.55. The number of thiocarbonyl (C=S) groups is 1. The van der Waals surface area contributed by atoms with Crippen molar-refractivity contribution in [3.8, 4) is 0 Å². The van der Waals surface area contributed by atoms with Gasteiger partial charge in [-0.3, -0.25) is 9.78 Å². The molecule has 0 atom stereocenters. The Kier molecular flexibility index (Phi) is 3.87. The number of hydrogen-bond donors (Lipinski definition) is 2. The van der Waals surface area contributed by atoms with Gasteiger partial charge in [0.2, 0.25) is 0 Å². The molecule has 0 radical (unpaired) electrons. The van der Waals surface area contributed by atoms with Gasteiger partial charge in [0.1, 0.15) is 4.99 Å². The van der Waals surface area contributed by atoms with Crippen molar-refractivity contribution in [2.75, 3.05) is 5.32 Å². The first-order valence-electron chi connectivity index (χ1n) is 5.70. The molecule has 4 nitrogen and oxygen atoms in total. The number of nitrogens with zero attached hydrogens (tertiary/aromatic N) is 1. The number of pyridine rings is 1. The SMILES string of the molecule is Cc1ccc(C(=O)Nc2ccc(C(N)=S)cc2)cn1. The van der Waals surface area contributed by atoms with Crippen molar-refractivity contribution in [2.24, 2.45) is 5.73 Å². The molecule has 0 unspecified atom stereocenters. The van der Waals surface area contributed by atoms with Crippen molar-refractivity contribution >= 4 is 28.8 Å². The molecule has 0 aliphatic carbocycles. The van der Waals surface area contributed by atoms with Crippen LogP contribution in [0.5, 0.6) is 0 Å². The number of amides is 1. The van der Waals surface area contributed by atoms with Crippen molar-refractivity contribution in [1.82, 2.24) is 4.98 Å². The van der Waals surface area contributed by atoms with Crippen LogP contribution in [0.2, 0.25) is 0 Å². The molecular weight excluding hydrogens is 258 g/mol. The lowest BCUT2D eigenvalue weighted by atomic mass is 10.2. The van der Waals surface area contributed by atoms with Crippen LogP contribution in [0.25, 0.3) is 0 Å². The summed E-state index contributed by atoms with van der Waals surface area (Å²) in [7, 11) is 0. The van der Waals surface area contributed by atoms with Crippen LogP contribution in [0.15, 0.2) is 42.6 Å². The van der Waals surface area contributed by atoms with Crippen molar-refractivity contribution in [1.29, 1.82) is 0 Å². The number of carbonyl (C=O) groups excluding carboxylic acids is 1. The fraction of sp³-hybridized carbons (Fsp3) is 0.0714. The molecule has 5 heteroatoms. The van der Waals surface area contributed by atoms with Crippen molar-refractivity contribution in [3.05, 3.63) is 59.4 Å². The van der Waals surface area contributed by atoms with Gasteiger partial charge in [-0.05, 0) is 43.3 Å². The molecule has 1 aromatic carbocycles. The molecule has 1 aromatic heterocycles. The van der Waals surface area contributed by atoms with Crippen LogP contribution in [0, 0.1) is 6.92 Å². The Labute approximate surface area is 116 Å². The second-order valence-corrected chi connectivity index (χ2v) is 4.52. The summed E-state index contributed by atoms with van der Waals surface area (Å²) in [6.45, 7) is 1.87. The van der Waals surface area contributed by atoms with Gasteiger partial charge in [-0.25, -0.2) is 0 Å². The molecule has 0 saturated carbocycles. The van der Waals surface area contributed by atoms with Crippen LogP contribution in [0.1, 0.15) is 21.6 Å². The van der Waals surface area contributed by atoms with Crippen LogP contribution in [-0.4, -0.2) is 15.9 Å². The molecule has 2 rings (SSSR count). The van der Waals surface area contributed by atoms with Gasteiger partial charge in [-0.15, -0.1) is 0 Å². The molecule has 96 valence electrons. The van der Waals surface area contributed by atoms with Crippen LogP contribution >= 0.6 is 12.2 Å². The average molecular weight is 271 g/mol. The van der Waals surface area contributed by atoms with Gasteiger partial charge in [0.15, 0.2) is 0 Å². The minimum Gasteiger partial charge on any atom is -0.389 e. The molecule has 0 saturated heterocycles. The molecule has 0 aliphatic rings. The normalized spacial score (nSPS) is 9.95. The van der Waals surface area contributed by atoms with E-state index in [0.717, 1.165) is 11.3 Å². The monoisotopic (exact) mass is 271 g/mol. The molecule has 1 heterocycles. The number of aromatic nitrogens is 1. The highest BCUT2D eigenvalue weighted by Crippen LogP contribution is 2.11. The predicted octanol–water partition coefficient (Wildman–Crippen LogP) is 2.28. The Morgan fingerprint density at radius 1 is 1.16 bits per heavy atom. The lowest BCUT2D eigenvalue weighted by Gasteiger charge is -2.06. The molecule has 1 amide bonds. The number of aryl methyl sites for hydroxylation is 1. The second kappa shape index (κ2) is 5.58. The Morgan fingerprint density at radius 2 is 1.79 bits per heavy atom. The average Bonchev–Trinajstić information content (AvgIpc) is 2.40. The molecule has 3 N–H and O–H groups in total. The van der Waals surface area contributed by atoms with E-state index < -0.39 is 0 Å². The number of anilines is 1. The highest BCUT2D eigenvalue weighted by atomic mass is 32.1. The van der Waals surface area contributed by atoms with Gasteiger partial charge in [0.25, 0.3) is 5.91 Å². The highest BCUT2D eigenvalue weighted by molar-refractivity contribution is 7.80. The first-order valence-corrected chi connectivity index (χ1v) is 6.11. The smallest absolute Gasteiger partial charge is 0.257 e. The van der Waals surface area contributed by atoms with Gasteiger partial charge in [-0.2, -0.15) is 0 Å². The van der Waals surface area contributed by atoms with Gasteiger partial charge < -0.3 is 11.1 Å². The van der Waals surface area contributed by atoms with E-state index in [0.29, 0.717) is 16.2 Å². The standard InChI is InChI=1S/C14H13N3OS/c1-9-2-3-11(8-16-9)14(18)17-12-6-4-10(5-7-12)13(15)19/h2-8H,1H3,(H2,15,19)(H,17,18). The molecule has 0 aliphatic heterocycles. The third kappa shape index (κ3) is 3.35. The molecule has 0 spiro atoms. The molecule has 2 aromatic rings. The van der Waals surface area contributed by atoms with Gasteiger partial charge >= 0.3 is 0 Å². The van der Waals surface area contributed by atoms with Gasteiger partial charge in [0, 0.05) is 23.1 Å². The Morgan fingerprint density at radius 3 is 2.32 bits per heavy atom. The summed E-state index contributed by atoms with van der Waals surface area (Å²) in [6, 6.07) is 10.6. The summed E-state index contributed by atoms with van der Waals surface area (Å²) in [5.74, 6) is -0.199. The predicted molar refractivity (Wildman–Crippen MR) is 79.3 cm³/mol. The number of benzene rings is 1. The first-order chi connectivity index (χ1) is 9.06. The van der Waals surface area contributed by atoms with E-state index in [1.54, 1.807) is 42.6 Å². The lowest BCUT2D eigenvalue weighted by Crippen LogP contribution is -2.13. The quantitative estimate of drug-likeness (QED) is 0.840. The fourth-order valence-electron chi connectivity index (χ4n) is 1.52. The summed E-state index contributed by atoms with van der Waals surface area (Å²) in [5, 5.41) is 2.78. The van der Waals surface area contributed by atoms with E-state index in [1.165, 1.54) is 0 Å². The Balaban J connectivity index is 2.10. The van der Waals surface area contributed by atoms with Crippen molar-refractivity contribution < 1.29 is 4.79 Å². The van der Waals surface area contributed by atoms with E-state index in [2.05, 4.69) is 10.3 Å². The van der Waals surface area contributed by atoms with Crippen LogP contribution < -0.4 is 11.1 Å². The molecule has 0 bridgehead atoms. The number of carbonyl (C=O) groups is 1. The van der Waals surface area contributed by atoms with E-state index in [9.17, 15) is 4.79 Å². The minimum absolute atomic E-state index is 0.199. The zero-order valence-corrected chi connectivity index (χ0v) is 11.2. The summed E-state index contributed by atoms with van der Waals surface area (Å²) in [5.41, 5.74) is 8.35.